The van der Waals surface area contributed by atoms with Gasteiger partial charge in [0.1, 0.15) is 12.4 Å². The fraction of sp³-hybridized carbons (Fsp3) is 0.375. The lowest BCUT2D eigenvalue weighted by atomic mass is 10.0. The molecule has 1 aromatic carbocycles. The third-order valence-electron chi connectivity index (χ3n) is 3.52. The quantitative estimate of drug-likeness (QED) is 0.797. The highest BCUT2D eigenvalue weighted by molar-refractivity contribution is 6.53. The summed E-state index contributed by atoms with van der Waals surface area (Å²) >= 11 is 0. The molecule has 2 aliphatic rings. The van der Waals surface area contributed by atoms with Crippen molar-refractivity contribution in [1.82, 2.24) is 5.32 Å². The first kappa shape index (κ1) is 15.3. The number of ether oxygens (including phenoxy) is 1. The van der Waals surface area contributed by atoms with Gasteiger partial charge < -0.3 is 15.0 Å². The molecule has 0 fully saturated rings. The molecule has 0 bridgehead atoms. The molecule has 112 valence electrons. The molecule has 0 atom stereocenters. The summed E-state index contributed by atoms with van der Waals surface area (Å²) < 4.78 is 4.25. The van der Waals surface area contributed by atoms with Crippen LogP contribution in [0.2, 0.25) is 0 Å². The maximum Gasteiger partial charge on any atom is 0.158 e. The molecule has 0 saturated heterocycles. The SMILES string of the molecule is C=C1NCN=C2C1=Nc1cc(C)c(C)cc1N2C.COC. The van der Waals surface area contributed by atoms with Gasteiger partial charge in [0, 0.05) is 21.3 Å². The lowest BCUT2D eigenvalue weighted by Crippen LogP contribution is -2.43. The second kappa shape index (κ2) is 6.10. The molecule has 0 unspecified atom stereocenters. The van der Waals surface area contributed by atoms with Crippen molar-refractivity contribution < 1.29 is 4.74 Å². The molecule has 5 heteroatoms. The minimum Gasteiger partial charge on any atom is -0.388 e. The normalized spacial score (nSPS) is 15.9. The summed E-state index contributed by atoms with van der Waals surface area (Å²) in [4.78, 5) is 11.3. The number of rotatable bonds is 0. The van der Waals surface area contributed by atoms with E-state index >= 15 is 0 Å². The lowest BCUT2D eigenvalue weighted by Gasteiger charge is -2.32. The first-order valence-electron chi connectivity index (χ1n) is 6.81. The van der Waals surface area contributed by atoms with Gasteiger partial charge in [-0.1, -0.05) is 6.58 Å². The zero-order chi connectivity index (χ0) is 15.6. The highest BCUT2D eigenvalue weighted by Gasteiger charge is 2.27. The Morgan fingerprint density at radius 2 is 1.86 bits per heavy atom. The molecular weight excluding hydrogens is 264 g/mol. The molecule has 1 aromatic rings. The number of aliphatic imine (C=N–C) groups is 2. The van der Waals surface area contributed by atoms with Crippen LogP contribution in [0.3, 0.4) is 0 Å². The fourth-order valence-electron chi connectivity index (χ4n) is 2.26. The van der Waals surface area contributed by atoms with E-state index in [0.29, 0.717) is 6.67 Å². The van der Waals surface area contributed by atoms with Crippen LogP contribution in [0.1, 0.15) is 11.1 Å². The highest BCUT2D eigenvalue weighted by Crippen LogP contribution is 2.35. The van der Waals surface area contributed by atoms with Crippen LogP contribution in [0.15, 0.2) is 34.4 Å². The second-order valence-electron chi connectivity index (χ2n) is 5.15. The van der Waals surface area contributed by atoms with Gasteiger partial charge in [0.05, 0.1) is 17.1 Å². The van der Waals surface area contributed by atoms with Crippen molar-refractivity contribution in [2.75, 3.05) is 32.8 Å². The number of aryl methyl sites for hydroxylation is 2. The Morgan fingerprint density at radius 1 is 1.24 bits per heavy atom. The van der Waals surface area contributed by atoms with Gasteiger partial charge in [-0.25, -0.2) is 9.98 Å². The van der Waals surface area contributed by atoms with Crippen LogP contribution >= 0.6 is 0 Å². The molecule has 1 N–H and O–H groups in total. The number of amidine groups is 1. The van der Waals surface area contributed by atoms with E-state index in [1.54, 1.807) is 14.2 Å². The minimum atomic E-state index is 0.567. The van der Waals surface area contributed by atoms with Crippen LogP contribution in [-0.4, -0.2) is 39.5 Å². The molecule has 0 aliphatic carbocycles. The smallest absolute Gasteiger partial charge is 0.158 e. The third-order valence-corrected chi connectivity index (χ3v) is 3.52. The van der Waals surface area contributed by atoms with Crippen LogP contribution in [0.25, 0.3) is 0 Å². The summed E-state index contributed by atoms with van der Waals surface area (Å²) in [6.07, 6.45) is 0. The number of benzene rings is 1. The van der Waals surface area contributed by atoms with Crippen LogP contribution in [-0.2, 0) is 4.74 Å². The van der Waals surface area contributed by atoms with Gasteiger partial charge in [0.2, 0.25) is 0 Å². The Bertz CT molecular complexity index is 631. The van der Waals surface area contributed by atoms with Gasteiger partial charge >= 0.3 is 0 Å². The number of anilines is 1. The summed E-state index contributed by atoms with van der Waals surface area (Å²) in [7, 11) is 5.28. The van der Waals surface area contributed by atoms with Gasteiger partial charge in [-0.05, 0) is 37.1 Å². The molecule has 2 heterocycles. The third kappa shape index (κ3) is 2.83. The molecule has 3 rings (SSSR count). The Morgan fingerprint density at radius 3 is 2.52 bits per heavy atom. The van der Waals surface area contributed by atoms with Gasteiger partial charge in [-0.15, -0.1) is 0 Å². The van der Waals surface area contributed by atoms with Gasteiger partial charge in [-0.2, -0.15) is 0 Å². The number of hydrogen-bond donors (Lipinski definition) is 1. The molecular formula is C16H22N4O. The number of nitrogens with one attached hydrogen (secondary N) is 1. The van der Waals surface area contributed by atoms with E-state index in [2.05, 4.69) is 57.5 Å². The Labute approximate surface area is 126 Å². The molecule has 0 saturated carbocycles. The summed E-state index contributed by atoms with van der Waals surface area (Å²) in [6.45, 7) is 8.79. The molecule has 0 radical (unpaired) electrons. The largest absolute Gasteiger partial charge is 0.388 e. The van der Waals surface area contributed by atoms with Crippen molar-refractivity contribution in [3.8, 4) is 0 Å². The van der Waals surface area contributed by atoms with E-state index in [1.807, 2.05) is 7.05 Å². The lowest BCUT2D eigenvalue weighted by molar-refractivity contribution is 0.277. The summed E-state index contributed by atoms with van der Waals surface area (Å²) in [5, 5.41) is 3.12. The van der Waals surface area contributed by atoms with Crippen molar-refractivity contribution >= 4 is 22.9 Å². The van der Waals surface area contributed by atoms with Crippen LogP contribution in [0.5, 0.6) is 0 Å². The van der Waals surface area contributed by atoms with Gasteiger partial charge in [-0.3, -0.25) is 0 Å². The van der Waals surface area contributed by atoms with Crippen molar-refractivity contribution in [3.63, 3.8) is 0 Å². The average molecular weight is 286 g/mol. The Balaban J connectivity index is 0.000000497. The molecule has 0 spiro atoms. The molecule has 2 aliphatic heterocycles. The van der Waals surface area contributed by atoms with E-state index in [9.17, 15) is 0 Å². The summed E-state index contributed by atoms with van der Waals surface area (Å²) in [5.74, 6) is 0.898. The number of nitrogens with zero attached hydrogens (tertiary/aromatic N) is 3. The first-order chi connectivity index (χ1) is 9.99. The number of fused-ring (bicyclic) bond motifs is 2. The number of methoxy groups -OCH3 is 1. The van der Waals surface area contributed by atoms with Crippen LogP contribution < -0.4 is 10.2 Å². The monoisotopic (exact) mass is 286 g/mol. The molecule has 21 heavy (non-hydrogen) atoms. The van der Waals surface area contributed by atoms with E-state index in [1.165, 1.54) is 11.1 Å². The van der Waals surface area contributed by atoms with Gasteiger partial charge in [0.15, 0.2) is 5.84 Å². The van der Waals surface area contributed by atoms with Crippen LogP contribution in [0, 0.1) is 13.8 Å². The standard InChI is InChI=1S/C14H16N4.C2H6O/c1-8-5-11-12(6-9(8)2)18(4)14-13(17-11)10(3)15-7-16-14;1-3-2/h5-6,15H,3,7H2,1-2,4H3;1-2H3. The van der Waals surface area contributed by atoms with Crippen molar-refractivity contribution in [1.29, 1.82) is 0 Å². The predicted octanol–water partition coefficient (Wildman–Crippen LogP) is 2.56. The van der Waals surface area contributed by atoms with Crippen molar-refractivity contribution in [2.45, 2.75) is 13.8 Å². The van der Waals surface area contributed by atoms with E-state index in [-0.39, 0.29) is 0 Å². The topological polar surface area (TPSA) is 49.2 Å². The Hall–Kier alpha value is -2.14. The molecule has 5 nitrogen and oxygen atoms in total. The van der Waals surface area contributed by atoms with Crippen molar-refractivity contribution in [2.24, 2.45) is 9.98 Å². The second-order valence-corrected chi connectivity index (χ2v) is 5.15. The maximum atomic E-state index is 4.68. The average Bonchev–Trinajstić information content (AvgIpc) is 2.44. The van der Waals surface area contributed by atoms with E-state index in [4.69, 9.17) is 0 Å². The maximum absolute atomic E-state index is 4.68. The fourth-order valence-corrected chi connectivity index (χ4v) is 2.26. The first-order valence-corrected chi connectivity index (χ1v) is 6.81. The molecule has 0 amide bonds. The van der Waals surface area contributed by atoms with Crippen LogP contribution in [0.4, 0.5) is 11.4 Å². The Kier molecular flexibility index (Phi) is 4.43. The van der Waals surface area contributed by atoms with E-state index < -0.39 is 0 Å². The number of hydrogen-bond acceptors (Lipinski definition) is 5. The summed E-state index contributed by atoms with van der Waals surface area (Å²) in [5.41, 5.74) is 6.30. The minimum absolute atomic E-state index is 0.567. The van der Waals surface area contributed by atoms with Crippen molar-refractivity contribution in [3.05, 3.63) is 35.5 Å². The predicted molar refractivity (Wildman–Crippen MR) is 88.9 cm³/mol. The zero-order valence-electron chi connectivity index (χ0n) is 13.3. The van der Waals surface area contributed by atoms with E-state index in [0.717, 1.165) is 28.6 Å². The summed E-state index contributed by atoms with van der Waals surface area (Å²) in [6, 6.07) is 4.28. The van der Waals surface area contributed by atoms with Gasteiger partial charge in [0.25, 0.3) is 0 Å². The molecule has 0 aromatic heterocycles. The highest BCUT2D eigenvalue weighted by atomic mass is 16.4. The zero-order valence-corrected chi connectivity index (χ0v) is 13.3.